The second-order valence-electron chi connectivity index (χ2n) is 5.53. The number of nitrogens with zero attached hydrogens (tertiary/aromatic N) is 2. The monoisotopic (exact) mass is 319 g/mol. The van der Waals surface area contributed by atoms with E-state index in [0.717, 1.165) is 30.2 Å². The highest BCUT2D eigenvalue weighted by molar-refractivity contribution is 7.13. The van der Waals surface area contributed by atoms with Gasteiger partial charge >= 0.3 is 0 Å². The Balaban J connectivity index is 1.67. The van der Waals surface area contributed by atoms with Crippen molar-refractivity contribution in [2.24, 2.45) is 0 Å². The number of benzene rings is 1. The van der Waals surface area contributed by atoms with Gasteiger partial charge in [0.15, 0.2) is 0 Å². The lowest BCUT2D eigenvalue weighted by Crippen LogP contribution is -2.51. The molecule has 1 aromatic carbocycles. The molecule has 1 N–H and O–H groups in total. The summed E-state index contributed by atoms with van der Waals surface area (Å²) >= 11 is 1.42. The summed E-state index contributed by atoms with van der Waals surface area (Å²) in [7, 11) is 0. The molecule has 0 unspecified atom stereocenters. The van der Waals surface area contributed by atoms with Gasteiger partial charge in [-0.1, -0.05) is 12.1 Å². The van der Waals surface area contributed by atoms with Gasteiger partial charge in [0.05, 0.1) is 11.2 Å². The lowest BCUT2D eigenvalue weighted by Gasteiger charge is -2.31. The van der Waals surface area contributed by atoms with Gasteiger partial charge in [-0.25, -0.2) is 9.37 Å². The molecule has 0 spiro atoms. The maximum Gasteiger partial charge on any atom is 0.265 e. The van der Waals surface area contributed by atoms with E-state index >= 15 is 0 Å². The van der Waals surface area contributed by atoms with E-state index in [-0.39, 0.29) is 11.7 Å². The number of carbonyl (C=O) groups is 1. The molecular formula is C16H18FN3OS. The number of thiazole rings is 1. The number of hydrogen-bond donors (Lipinski definition) is 1. The number of rotatable bonds is 3. The van der Waals surface area contributed by atoms with Gasteiger partial charge in [-0.2, -0.15) is 0 Å². The predicted molar refractivity (Wildman–Crippen MR) is 84.7 cm³/mol. The number of aromatic nitrogens is 1. The highest BCUT2D eigenvalue weighted by atomic mass is 32.1. The quantitative estimate of drug-likeness (QED) is 0.944. The first-order chi connectivity index (χ1) is 10.6. The summed E-state index contributed by atoms with van der Waals surface area (Å²) in [4.78, 5) is 19.3. The normalized spacial score (nSPS) is 18.5. The van der Waals surface area contributed by atoms with Crippen LogP contribution in [0.15, 0.2) is 30.5 Å². The van der Waals surface area contributed by atoms with Crippen molar-refractivity contribution in [2.45, 2.75) is 19.4 Å². The molecule has 4 nitrogen and oxygen atoms in total. The minimum atomic E-state index is -0.244. The molecule has 1 aromatic heterocycles. The van der Waals surface area contributed by atoms with Gasteiger partial charge in [0.25, 0.3) is 5.91 Å². The molecule has 1 amide bonds. The van der Waals surface area contributed by atoms with Crippen molar-refractivity contribution in [1.82, 2.24) is 15.2 Å². The molecule has 6 heteroatoms. The highest BCUT2D eigenvalue weighted by Gasteiger charge is 2.23. The first-order valence-electron chi connectivity index (χ1n) is 7.33. The molecule has 1 fully saturated rings. The molecule has 0 bridgehead atoms. The predicted octanol–water partition coefficient (Wildman–Crippen LogP) is 2.31. The zero-order valence-electron chi connectivity index (χ0n) is 12.4. The number of halogens is 1. The van der Waals surface area contributed by atoms with Crippen molar-refractivity contribution >= 4 is 17.2 Å². The Morgan fingerprint density at radius 3 is 2.95 bits per heavy atom. The van der Waals surface area contributed by atoms with E-state index in [2.05, 4.69) is 17.2 Å². The molecule has 1 atom stereocenters. The Labute approximate surface area is 133 Å². The lowest BCUT2D eigenvalue weighted by atomic mass is 10.2. The Morgan fingerprint density at radius 2 is 2.23 bits per heavy atom. The van der Waals surface area contributed by atoms with Crippen LogP contribution in [-0.4, -0.2) is 41.5 Å². The summed E-state index contributed by atoms with van der Waals surface area (Å²) in [5.41, 5.74) is 0.991. The van der Waals surface area contributed by atoms with Crippen LogP contribution in [0.25, 0.3) is 0 Å². The zero-order valence-corrected chi connectivity index (χ0v) is 13.2. The van der Waals surface area contributed by atoms with Gasteiger partial charge in [0, 0.05) is 32.1 Å². The molecule has 2 heterocycles. The molecule has 116 valence electrons. The van der Waals surface area contributed by atoms with Crippen molar-refractivity contribution in [1.29, 1.82) is 0 Å². The molecule has 1 aliphatic rings. The van der Waals surface area contributed by atoms with Gasteiger partial charge < -0.3 is 10.2 Å². The standard InChI is InChI=1S/C16H18FN3OS/c1-11-10-20(7-6-18-11)16(21)14-9-19-15(22-14)8-12-2-4-13(17)5-3-12/h2-5,9,11,18H,6-8,10H2,1H3/t11-/m0/s1. The molecular weight excluding hydrogens is 301 g/mol. The van der Waals surface area contributed by atoms with Crippen molar-refractivity contribution in [3.8, 4) is 0 Å². The van der Waals surface area contributed by atoms with Gasteiger partial charge in [-0.3, -0.25) is 4.79 Å². The number of nitrogens with one attached hydrogen (secondary N) is 1. The summed E-state index contributed by atoms with van der Waals surface area (Å²) in [5, 5.41) is 4.20. The maximum atomic E-state index is 12.9. The molecule has 0 radical (unpaired) electrons. The summed E-state index contributed by atoms with van der Waals surface area (Å²) in [6.45, 7) is 4.36. The van der Waals surface area contributed by atoms with Crippen molar-refractivity contribution in [3.05, 3.63) is 51.7 Å². The van der Waals surface area contributed by atoms with E-state index in [0.29, 0.717) is 17.3 Å². The van der Waals surface area contributed by atoms with Crippen LogP contribution in [0, 0.1) is 5.82 Å². The summed E-state index contributed by atoms with van der Waals surface area (Å²) < 4.78 is 12.9. The molecule has 1 saturated heterocycles. The Hall–Kier alpha value is -1.79. The van der Waals surface area contributed by atoms with E-state index in [1.54, 1.807) is 18.3 Å². The zero-order chi connectivity index (χ0) is 15.5. The van der Waals surface area contributed by atoms with Crippen molar-refractivity contribution in [2.75, 3.05) is 19.6 Å². The SMILES string of the molecule is C[C@H]1CN(C(=O)c2cnc(Cc3ccc(F)cc3)s2)CCN1. The van der Waals surface area contributed by atoms with E-state index in [9.17, 15) is 9.18 Å². The minimum absolute atomic E-state index is 0.0520. The van der Waals surface area contributed by atoms with Crippen LogP contribution in [-0.2, 0) is 6.42 Å². The smallest absolute Gasteiger partial charge is 0.265 e. The Morgan fingerprint density at radius 1 is 1.45 bits per heavy atom. The van der Waals surface area contributed by atoms with Crippen LogP contribution in [0.2, 0.25) is 0 Å². The first kappa shape index (κ1) is 15.1. The summed E-state index contributed by atoms with van der Waals surface area (Å²) in [6.07, 6.45) is 2.27. The molecule has 3 rings (SSSR count). The lowest BCUT2D eigenvalue weighted by molar-refractivity contribution is 0.0714. The average Bonchev–Trinajstić information content (AvgIpc) is 2.97. The van der Waals surface area contributed by atoms with Crippen LogP contribution < -0.4 is 5.32 Å². The molecule has 0 aliphatic carbocycles. The number of piperazine rings is 1. The van der Waals surface area contributed by atoms with E-state index in [1.165, 1.54) is 23.5 Å². The molecule has 0 saturated carbocycles. The molecule has 1 aliphatic heterocycles. The van der Waals surface area contributed by atoms with Crippen LogP contribution in [0.1, 0.15) is 27.2 Å². The third-order valence-electron chi connectivity index (χ3n) is 3.69. The fraction of sp³-hybridized carbons (Fsp3) is 0.375. The first-order valence-corrected chi connectivity index (χ1v) is 8.15. The molecule has 22 heavy (non-hydrogen) atoms. The van der Waals surface area contributed by atoms with Crippen LogP contribution >= 0.6 is 11.3 Å². The Bertz CT molecular complexity index is 656. The summed E-state index contributed by atoms with van der Waals surface area (Å²) in [6, 6.07) is 6.70. The van der Waals surface area contributed by atoms with Crippen molar-refractivity contribution in [3.63, 3.8) is 0 Å². The fourth-order valence-corrected chi connectivity index (χ4v) is 3.46. The second kappa shape index (κ2) is 6.54. The van der Waals surface area contributed by atoms with Crippen LogP contribution in [0.5, 0.6) is 0 Å². The van der Waals surface area contributed by atoms with Crippen LogP contribution in [0.4, 0.5) is 4.39 Å². The van der Waals surface area contributed by atoms with Crippen LogP contribution in [0.3, 0.4) is 0 Å². The highest BCUT2D eigenvalue weighted by Crippen LogP contribution is 2.19. The number of carbonyl (C=O) groups excluding carboxylic acids is 1. The third-order valence-corrected chi connectivity index (χ3v) is 4.67. The van der Waals surface area contributed by atoms with Gasteiger partial charge in [-0.05, 0) is 24.6 Å². The third kappa shape index (κ3) is 3.51. The fourth-order valence-electron chi connectivity index (χ4n) is 2.54. The average molecular weight is 319 g/mol. The topological polar surface area (TPSA) is 45.2 Å². The summed E-state index contributed by atoms with van der Waals surface area (Å²) in [5.74, 6) is -0.192. The molecule has 2 aromatic rings. The largest absolute Gasteiger partial charge is 0.335 e. The van der Waals surface area contributed by atoms with E-state index < -0.39 is 0 Å². The van der Waals surface area contributed by atoms with Gasteiger partial charge in [0.1, 0.15) is 10.7 Å². The minimum Gasteiger partial charge on any atom is -0.335 e. The number of hydrogen-bond acceptors (Lipinski definition) is 4. The number of amides is 1. The second-order valence-corrected chi connectivity index (χ2v) is 6.64. The maximum absolute atomic E-state index is 12.9. The van der Waals surface area contributed by atoms with E-state index in [4.69, 9.17) is 0 Å². The van der Waals surface area contributed by atoms with Gasteiger partial charge in [-0.15, -0.1) is 11.3 Å². The van der Waals surface area contributed by atoms with Gasteiger partial charge in [0.2, 0.25) is 0 Å². The van der Waals surface area contributed by atoms with Crippen molar-refractivity contribution < 1.29 is 9.18 Å². The Kier molecular flexibility index (Phi) is 4.49. The van der Waals surface area contributed by atoms with E-state index in [1.807, 2.05) is 4.90 Å².